The van der Waals surface area contributed by atoms with Gasteiger partial charge >= 0.3 is 5.97 Å². The van der Waals surface area contributed by atoms with Gasteiger partial charge in [-0.15, -0.1) is 11.8 Å². The van der Waals surface area contributed by atoms with Crippen molar-refractivity contribution < 1.29 is 24.6 Å². The summed E-state index contributed by atoms with van der Waals surface area (Å²) in [5, 5.41) is 19.1. The van der Waals surface area contributed by atoms with Crippen LogP contribution in [0.2, 0.25) is 0 Å². The van der Waals surface area contributed by atoms with Crippen LogP contribution in [0.25, 0.3) is 0 Å². The highest BCUT2D eigenvalue weighted by molar-refractivity contribution is 8.03. The molecule has 2 amide bonds. The Hall–Kier alpha value is -1.54. The summed E-state index contributed by atoms with van der Waals surface area (Å²) in [4.78, 5) is 38.6. The largest absolute Gasteiger partial charge is 0.477 e. The zero-order chi connectivity index (χ0) is 17.3. The molecular weight excluding hydrogens is 320 g/mol. The third kappa shape index (κ3) is 3.23. The van der Waals surface area contributed by atoms with Gasteiger partial charge in [-0.1, -0.05) is 0 Å². The molecule has 1 fully saturated rings. The summed E-state index contributed by atoms with van der Waals surface area (Å²) < 4.78 is 0. The standard InChI is InChI=1S/C15H22N2O5S/c1-4-16(9(3)19)5-6-23-11-7-10-12(8(2)18)14(20)17(10)13(11)15(21)22/h8,10,12,18H,4-7H2,1-3H3,(H,21,22)/t8-,10-,12-/m1/s1. The third-order valence-corrected chi connectivity index (χ3v) is 5.45. The first kappa shape index (κ1) is 17.8. The second kappa shape index (κ2) is 6.92. The monoisotopic (exact) mass is 342 g/mol. The average molecular weight is 342 g/mol. The highest BCUT2D eigenvalue weighted by atomic mass is 32.2. The number of fused-ring (bicyclic) bond motifs is 1. The number of β-lactam (4-membered cyclic amide) rings is 1. The number of rotatable bonds is 7. The second-order valence-electron chi connectivity index (χ2n) is 5.77. The molecule has 0 unspecified atom stereocenters. The Bertz CT molecular complexity index is 560. The molecule has 8 heteroatoms. The van der Waals surface area contributed by atoms with E-state index >= 15 is 0 Å². The van der Waals surface area contributed by atoms with Crippen LogP contribution in [-0.2, 0) is 14.4 Å². The van der Waals surface area contributed by atoms with Gasteiger partial charge in [0.25, 0.3) is 0 Å². The van der Waals surface area contributed by atoms with Crippen molar-refractivity contribution in [3.05, 3.63) is 10.6 Å². The predicted octanol–water partition coefficient (Wildman–Crippen LogP) is 0.496. The number of hydrogen-bond donors (Lipinski definition) is 2. The lowest BCUT2D eigenvalue weighted by Gasteiger charge is -2.44. The molecule has 2 N–H and O–H groups in total. The molecule has 7 nitrogen and oxygen atoms in total. The number of nitrogens with zero attached hydrogens (tertiary/aromatic N) is 2. The lowest BCUT2D eigenvalue weighted by molar-refractivity contribution is -0.161. The predicted molar refractivity (Wildman–Crippen MR) is 85.5 cm³/mol. The molecule has 0 aromatic carbocycles. The minimum atomic E-state index is -1.12. The smallest absolute Gasteiger partial charge is 0.353 e. The summed E-state index contributed by atoms with van der Waals surface area (Å²) in [6, 6.07) is -0.258. The number of carboxylic acids is 1. The van der Waals surface area contributed by atoms with Gasteiger partial charge in [0, 0.05) is 37.1 Å². The molecule has 0 bridgehead atoms. The summed E-state index contributed by atoms with van der Waals surface area (Å²) >= 11 is 1.37. The zero-order valence-electron chi connectivity index (χ0n) is 13.5. The molecule has 0 spiro atoms. The minimum absolute atomic E-state index is 0.0138. The van der Waals surface area contributed by atoms with E-state index in [0.29, 0.717) is 30.2 Å². The Kier molecular flexibility index (Phi) is 5.36. The second-order valence-corrected chi connectivity index (χ2v) is 6.96. The summed E-state index contributed by atoms with van der Waals surface area (Å²) in [6.07, 6.45) is -0.323. The Balaban J connectivity index is 2.05. The lowest BCUT2D eigenvalue weighted by atomic mass is 9.83. The van der Waals surface area contributed by atoms with Crippen molar-refractivity contribution in [3.8, 4) is 0 Å². The van der Waals surface area contributed by atoms with Crippen molar-refractivity contribution in [2.24, 2.45) is 5.92 Å². The van der Waals surface area contributed by atoms with Crippen LogP contribution in [0.4, 0.5) is 0 Å². The molecule has 2 aliphatic rings. The van der Waals surface area contributed by atoms with Crippen molar-refractivity contribution in [3.63, 3.8) is 0 Å². The summed E-state index contributed by atoms with van der Waals surface area (Å²) in [6.45, 7) is 6.09. The number of amides is 2. The van der Waals surface area contributed by atoms with E-state index in [1.807, 2.05) is 6.92 Å². The molecule has 23 heavy (non-hydrogen) atoms. The van der Waals surface area contributed by atoms with Crippen molar-refractivity contribution in [2.45, 2.75) is 39.3 Å². The fourth-order valence-electron chi connectivity index (χ4n) is 3.18. The maximum Gasteiger partial charge on any atom is 0.353 e. The number of aliphatic carboxylic acids is 1. The molecule has 0 aromatic heterocycles. The number of carboxylic acid groups (broad SMARTS) is 1. The van der Waals surface area contributed by atoms with Gasteiger partial charge in [-0.05, 0) is 13.8 Å². The highest BCUT2D eigenvalue weighted by Crippen LogP contribution is 2.46. The van der Waals surface area contributed by atoms with E-state index in [0.717, 1.165) is 0 Å². The van der Waals surface area contributed by atoms with Crippen molar-refractivity contribution >= 4 is 29.5 Å². The molecular formula is C15H22N2O5S. The summed E-state index contributed by atoms with van der Waals surface area (Å²) in [5.74, 6) is -1.40. The van der Waals surface area contributed by atoms with Crippen LogP contribution in [0.5, 0.6) is 0 Å². The first-order valence-electron chi connectivity index (χ1n) is 7.65. The lowest BCUT2D eigenvalue weighted by Crippen LogP contribution is -2.61. The molecule has 0 aliphatic carbocycles. The molecule has 0 aromatic rings. The third-order valence-electron chi connectivity index (χ3n) is 4.36. The van der Waals surface area contributed by atoms with Crippen LogP contribution >= 0.6 is 11.8 Å². The molecule has 2 heterocycles. The number of carbonyl (C=O) groups is 3. The maximum absolute atomic E-state index is 12.1. The van der Waals surface area contributed by atoms with E-state index < -0.39 is 18.0 Å². The van der Waals surface area contributed by atoms with Gasteiger partial charge in [-0.2, -0.15) is 0 Å². The topological polar surface area (TPSA) is 98.2 Å². The Labute approximate surface area is 139 Å². The van der Waals surface area contributed by atoms with E-state index in [4.69, 9.17) is 0 Å². The van der Waals surface area contributed by atoms with E-state index in [1.54, 1.807) is 11.8 Å². The molecule has 3 atom stereocenters. The van der Waals surface area contributed by atoms with Gasteiger partial charge in [0.15, 0.2) is 0 Å². The molecule has 0 radical (unpaired) electrons. The minimum Gasteiger partial charge on any atom is -0.477 e. The van der Waals surface area contributed by atoms with Gasteiger partial charge in [-0.25, -0.2) is 4.79 Å². The van der Waals surface area contributed by atoms with Crippen LogP contribution in [0.3, 0.4) is 0 Å². The quantitative estimate of drug-likeness (QED) is 0.654. The van der Waals surface area contributed by atoms with Crippen LogP contribution in [0, 0.1) is 5.92 Å². The number of carbonyl (C=O) groups excluding carboxylic acids is 2. The van der Waals surface area contributed by atoms with E-state index in [1.165, 1.54) is 23.6 Å². The fraction of sp³-hybridized carbons (Fsp3) is 0.667. The molecule has 128 valence electrons. The molecule has 2 aliphatic heterocycles. The van der Waals surface area contributed by atoms with Crippen molar-refractivity contribution in [2.75, 3.05) is 18.8 Å². The van der Waals surface area contributed by atoms with Gasteiger partial charge in [0.1, 0.15) is 5.70 Å². The highest BCUT2D eigenvalue weighted by Gasteiger charge is 2.56. The maximum atomic E-state index is 12.1. The SMILES string of the molecule is CCN(CCSC1=C(C(=O)O)N2C(=O)[C@H]([C@@H](C)O)[C@H]2C1)C(C)=O. The average Bonchev–Trinajstić information content (AvgIpc) is 2.77. The number of hydrogen-bond acceptors (Lipinski definition) is 5. The summed E-state index contributed by atoms with van der Waals surface area (Å²) in [5.41, 5.74) is 0.0350. The summed E-state index contributed by atoms with van der Waals surface area (Å²) in [7, 11) is 0. The van der Waals surface area contributed by atoms with E-state index in [-0.39, 0.29) is 23.6 Å². The van der Waals surface area contributed by atoms with Crippen LogP contribution in [0.1, 0.15) is 27.2 Å². The first-order chi connectivity index (χ1) is 10.8. The zero-order valence-corrected chi connectivity index (χ0v) is 14.3. The van der Waals surface area contributed by atoms with Gasteiger partial charge in [-0.3, -0.25) is 9.59 Å². The van der Waals surface area contributed by atoms with Crippen LogP contribution in [0.15, 0.2) is 10.6 Å². The van der Waals surface area contributed by atoms with Gasteiger partial charge < -0.3 is 20.0 Å². The molecule has 2 rings (SSSR count). The number of thioether (sulfide) groups is 1. The van der Waals surface area contributed by atoms with Crippen molar-refractivity contribution in [1.82, 2.24) is 9.80 Å². The van der Waals surface area contributed by atoms with Crippen LogP contribution < -0.4 is 0 Å². The van der Waals surface area contributed by atoms with Gasteiger partial charge in [0.05, 0.1) is 18.1 Å². The molecule has 1 saturated heterocycles. The van der Waals surface area contributed by atoms with Crippen LogP contribution in [-0.4, -0.2) is 68.8 Å². The Morgan fingerprint density at radius 3 is 2.61 bits per heavy atom. The van der Waals surface area contributed by atoms with E-state index in [2.05, 4.69) is 0 Å². The molecule has 0 saturated carbocycles. The Morgan fingerprint density at radius 1 is 1.48 bits per heavy atom. The first-order valence-corrected chi connectivity index (χ1v) is 8.64. The van der Waals surface area contributed by atoms with Gasteiger partial charge in [0.2, 0.25) is 11.8 Å². The fourth-order valence-corrected chi connectivity index (χ4v) is 4.35. The number of aliphatic hydroxyl groups excluding tert-OH is 1. The Morgan fingerprint density at radius 2 is 2.13 bits per heavy atom. The van der Waals surface area contributed by atoms with E-state index in [9.17, 15) is 24.6 Å². The van der Waals surface area contributed by atoms with Crippen molar-refractivity contribution in [1.29, 1.82) is 0 Å². The normalized spacial score (nSPS) is 24.3. The number of aliphatic hydroxyl groups is 1.